The molecule has 1 rings (SSSR count). The topological polar surface area (TPSA) is 69.7 Å². The van der Waals surface area contributed by atoms with Gasteiger partial charge in [0.2, 0.25) is 0 Å². The highest BCUT2D eigenvalue weighted by molar-refractivity contribution is 6.29. The summed E-state index contributed by atoms with van der Waals surface area (Å²) < 4.78 is 8.96. The van der Waals surface area contributed by atoms with Crippen LogP contribution >= 0.6 is 0 Å². The van der Waals surface area contributed by atoms with Gasteiger partial charge in [-0.05, 0) is 12.5 Å². The molecule has 0 atom stereocenters. The summed E-state index contributed by atoms with van der Waals surface area (Å²) >= 11 is 0. The smallest absolute Gasteiger partial charge is 0.417 e. The van der Waals surface area contributed by atoms with E-state index >= 15 is 0 Å². The van der Waals surface area contributed by atoms with E-state index in [9.17, 15) is 14.4 Å². The second kappa shape index (κ2) is 7.21. The number of carbonyl (C=O) groups excluding carboxylic acids is 3. The first kappa shape index (κ1) is 13.9. The Balaban J connectivity index is 2.33. The van der Waals surface area contributed by atoms with Crippen LogP contribution in [0.25, 0.3) is 0 Å². The zero-order chi connectivity index (χ0) is 13.4. The van der Waals surface area contributed by atoms with Crippen LogP contribution in [0.3, 0.4) is 0 Å². The zero-order valence-corrected chi connectivity index (χ0v) is 10.0. The molecule has 0 bridgehead atoms. The lowest BCUT2D eigenvalue weighted by Gasteiger charge is -2.03. The summed E-state index contributed by atoms with van der Waals surface area (Å²) in [5.41, 5.74) is 0.828. The van der Waals surface area contributed by atoms with E-state index in [2.05, 4.69) is 9.47 Å². The van der Waals surface area contributed by atoms with Crippen molar-refractivity contribution in [3.8, 4) is 0 Å². The molecule has 0 spiro atoms. The van der Waals surface area contributed by atoms with Crippen LogP contribution in [0.2, 0.25) is 0 Å². The van der Waals surface area contributed by atoms with Crippen molar-refractivity contribution in [2.45, 2.75) is 13.3 Å². The van der Waals surface area contributed by atoms with Crippen LogP contribution in [0.15, 0.2) is 30.3 Å². The van der Waals surface area contributed by atoms with Crippen molar-refractivity contribution < 1.29 is 23.9 Å². The van der Waals surface area contributed by atoms with Crippen molar-refractivity contribution in [2.24, 2.45) is 0 Å². The average Bonchev–Trinajstić information content (AvgIpc) is 2.37. The van der Waals surface area contributed by atoms with Crippen molar-refractivity contribution in [2.75, 3.05) is 13.2 Å². The first-order valence-electron chi connectivity index (χ1n) is 5.53. The van der Waals surface area contributed by atoms with Gasteiger partial charge in [0.25, 0.3) is 0 Å². The van der Waals surface area contributed by atoms with E-state index in [-0.39, 0.29) is 18.8 Å². The standard InChI is InChI=1S/C13H14O5/c1-2-17-12(15)13(16)18-9-11(14)8-10-6-4-3-5-7-10/h3-7H,2,8-9H2,1H3. The monoisotopic (exact) mass is 250 g/mol. The van der Waals surface area contributed by atoms with Crippen LogP contribution in [-0.4, -0.2) is 30.9 Å². The fraction of sp³-hybridized carbons (Fsp3) is 0.308. The summed E-state index contributed by atoms with van der Waals surface area (Å²) in [5, 5.41) is 0. The number of ether oxygens (including phenoxy) is 2. The number of hydrogen-bond donors (Lipinski definition) is 0. The normalized spacial score (nSPS) is 9.61. The number of benzene rings is 1. The molecule has 0 aromatic heterocycles. The van der Waals surface area contributed by atoms with Crippen LogP contribution in [-0.2, 0) is 30.3 Å². The molecule has 0 unspecified atom stereocenters. The lowest BCUT2D eigenvalue weighted by molar-refractivity contribution is -0.168. The highest BCUT2D eigenvalue weighted by Crippen LogP contribution is 2.00. The Morgan fingerprint density at radius 2 is 1.61 bits per heavy atom. The molecule has 96 valence electrons. The lowest BCUT2D eigenvalue weighted by atomic mass is 10.1. The molecule has 1 aromatic carbocycles. The molecule has 0 radical (unpaired) electrons. The number of carbonyl (C=O) groups is 3. The van der Waals surface area contributed by atoms with E-state index in [1.807, 2.05) is 18.2 Å². The molecule has 0 saturated carbocycles. The maximum Gasteiger partial charge on any atom is 0.417 e. The second-order valence-corrected chi connectivity index (χ2v) is 3.50. The Labute approximate surface area is 105 Å². The minimum atomic E-state index is -1.14. The second-order valence-electron chi connectivity index (χ2n) is 3.50. The Morgan fingerprint density at radius 1 is 1.00 bits per heavy atom. The Kier molecular flexibility index (Phi) is 5.57. The fourth-order valence-electron chi connectivity index (χ4n) is 1.27. The van der Waals surface area contributed by atoms with Gasteiger partial charge in [-0.1, -0.05) is 30.3 Å². The van der Waals surface area contributed by atoms with Gasteiger partial charge in [0.15, 0.2) is 12.4 Å². The summed E-state index contributed by atoms with van der Waals surface area (Å²) in [7, 11) is 0. The minimum Gasteiger partial charge on any atom is -0.458 e. The first-order chi connectivity index (χ1) is 8.63. The van der Waals surface area contributed by atoms with Gasteiger partial charge in [-0.15, -0.1) is 0 Å². The average molecular weight is 250 g/mol. The van der Waals surface area contributed by atoms with Crippen molar-refractivity contribution in [1.82, 2.24) is 0 Å². The molecule has 0 aliphatic heterocycles. The van der Waals surface area contributed by atoms with Crippen LogP contribution < -0.4 is 0 Å². The number of rotatable bonds is 5. The third kappa shape index (κ3) is 4.78. The molecule has 0 aliphatic rings. The molecule has 1 aromatic rings. The molecular weight excluding hydrogens is 236 g/mol. The van der Waals surface area contributed by atoms with Gasteiger partial charge in [-0.2, -0.15) is 0 Å². The van der Waals surface area contributed by atoms with E-state index < -0.39 is 18.5 Å². The maximum atomic E-state index is 11.5. The van der Waals surface area contributed by atoms with Gasteiger partial charge in [-0.25, -0.2) is 9.59 Å². The summed E-state index contributed by atoms with van der Waals surface area (Å²) in [5.74, 6) is -2.50. The molecule has 18 heavy (non-hydrogen) atoms. The molecule has 0 fully saturated rings. The van der Waals surface area contributed by atoms with Gasteiger partial charge >= 0.3 is 11.9 Å². The van der Waals surface area contributed by atoms with E-state index in [4.69, 9.17) is 0 Å². The predicted octanol–water partition coefficient (Wildman–Crippen LogP) is 0.904. The molecule has 0 saturated heterocycles. The van der Waals surface area contributed by atoms with E-state index in [0.29, 0.717) is 0 Å². The van der Waals surface area contributed by atoms with Gasteiger partial charge in [0, 0.05) is 6.42 Å². The Bertz CT molecular complexity index is 424. The first-order valence-corrected chi connectivity index (χ1v) is 5.53. The number of hydrogen-bond acceptors (Lipinski definition) is 5. The van der Waals surface area contributed by atoms with Crippen LogP contribution in [0.4, 0.5) is 0 Å². The Hall–Kier alpha value is -2.17. The molecule has 0 amide bonds. The highest BCUT2D eigenvalue weighted by atomic mass is 16.6. The van der Waals surface area contributed by atoms with Gasteiger partial charge in [0.05, 0.1) is 6.61 Å². The molecule has 0 N–H and O–H groups in total. The fourth-order valence-corrected chi connectivity index (χ4v) is 1.27. The minimum absolute atomic E-state index is 0.0892. The molecule has 0 aliphatic carbocycles. The van der Waals surface area contributed by atoms with Crippen molar-refractivity contribution in [1.29, 1.82) is 0 Å². The van der Waals surface area contributed by atoms with E-state index in [0.717, 1.165) is 5.56 Å². The van der Waals surface area contributed by atoms with Crippen molar-refractivity contribution in [3.05, 3.63) is 35.9 Å². The Morgan fingerprint density at radius 3 is 2.22 bits per heavy atom. The number of Topliss-reactive ketones (excluding diaryl/α,β-unsaturated/α-hetero) is 1. The number of esters is 2. The lowest BCUT2D eigenvalue weighted by Crippen LogP contribution is -2.24. The molecule has 5 nitrogen and oxygen atoms in total. The maximum absolute atomic E-state index is 11.5. The van der Waals surface area contributed by atoms with E-state index in [1.165, 1.54) is 0 Å². The van der Waals surface area contributed by atoms with Crippen LogP contribution in [0.1, 0.15) is 12.5 Å². The number of ketones is 1. The largest absolute Gasteiger partial charge is 0.458 e. The molecular formula is C13H14O5. The molecule has 5 heteroatoms. The van der Waals surface area contributed by atoms with Gasteiger partial charge < -0.3 is 9.47 Å². The summed E-state index contributed by atoms with van der Waals surface area (Å²) in [6.45, 7) is 1.24. The van der Waals surface area contributed by atoms with Crippen LogP contribution in [0, 0.1) is 0 Å². The quantitative estimate of drug-likeness (QED) is 0.573. The zero-order valence-electron chi connectivity index (χ0n) is 10.0. The van der Waals surface area contributed by atoms with Gasteiger partial charge in [-0.3, -0.25) is 4.79 Å². The third-order valence-corrected chi connectivity index (χ3v) is 2.05. The van der Waals surface area contributed by atoms with Crippen molar-refractivity contribution in [3.63, 3.8) is 0 Å². The highest BCUT2D eigenvalue weighted by Gasteiger charge is 2.17. The molecule has 0 heterocycles. The summed E-state index contributed by atoms with van der Waals surface area (Å²) in [6, 6.07) is 9.06. The summed E-state index contributed by atoms with van der Waals surface area (Å²) in [4.78, 5) is 33.4. The van der Waals surface area contributed by atoms with Crippen molar-refractivity contribution >= 4 is 17.7 Å². The van der Waals surface area contributed by atoms with Crippen LogP contribution in [0.5, 0.6) is 0 Å². The third-order valence-electron chi connectivity index (χ3n) is 2.05. The SMILES string of the molecule is CCOC(=O)C(=O)OCC(=O)Cc1ccccc1. The predicted molar refractivity (Wildman–Crippen MR) is 62.7 cm³/mol. The van der Waals surface area contributed by atoms with E-state index in [1.54, 1.807) is 19.1 Å². The van der Waals surface area contributed by atoms with Gasteiger partial charge in [0.1, 0.15) is 0 Å². The summed E-state index contributed by atoms with van der Waals surface area (Å²) in [6.07, 6.45) is 0.164.